The summed E-state index contributed by atoms with van der Waals surface area (Å²) < 4.78 is 31.3. The molecule has 0 bridgehead atoms. The van der Waals surface area contributed by atoms with Gasteiger partial charge in [-0.05, 0) is 18.4 Å². The van der Waals surface area contributed by atoms with E-state index in [4.69, 9.17) is 4.74 Å². The van der Waals surface area contributed by atoms with Gasteiger partial charge >= 0.3 is 0 Å². The molecule has 2 fully saturated rings. The topological polar surface area (TPSA) is 75.7 Å². The molecule has 1 N–H and O–H groups in total. The van der Waals surface area contributed by atoms with Crippen molar-refractivity contribution in [2.24, 2.45) is 5.92 Å². The molecule has 2 atom stereocenters. The first-order valence-corrected chi connectivity index (χ1v) is 11.3. The van der Waals surface area contributed by atoms with Gasteiger partial charge in [0.2, 0.25) is 15.9 Å². The number of benzene rings is 1. The Morgan fingerprint density at radius 3 is 2.44 bits per heavy atom. The molecule has 1 saturated carbocycles. The van der Waals surface area contributed by atoms with Crippen molar-refractivity contribution < 1.29 is 17.9 Å². The average molecular weight is 395 g/mol. The van der Waals surface area contributed by atoms with Gasteiger partial charge in [0, 0.05) is 20.0 Å². The molecule has 27 heavy (non-hydrogen) atoms. The molecular weight excluding hydrogens is 364 g/mol. The molecule has 0 radical (unpaired) electrons. The average Bonchev–Trinajstić information content (AvgIpc) is 3.08. The number of ether oxygens (including phenoxy) is 1. The van der Waals surface area contributed by atoms with Crippen LogP contribution in [-0.4, -0.2) is 57.7 Å². The Bertz CT molecular complexity index is 743. The first-order chi connectivity index (χ1) is 12.8. The molecule has 1 amide bonds. The van der Waals surface area contributed by atoms with Crippen LogP contribution in [0.25, 0.3) is 0 Å². The predicted octanol–water partition coefficient (Wildman–Crippen LogP) is 1.91. The summed E-state index contributed by atoms with van der Waals surface area (Å²) in [5, 5.41) is 3.15. The van der Waals surface area contributed by atoms with Crippen LogP contribution in [-0.2, 0) is 25.0 Å². The van der Waals surface area contributed by atoms with Crippen molar-refractivity contribution in [3.05, 3.63) is 35.9 Å². The Hall–Kier alpha value is -1.44. The fourth-order valence-corrected chi connectivity index (χ4v) is 5.38. The van der Waals surface area contributed by atoms with E-state index in [9.17, 15) is 13.2 Å². The van der Waals surface area contributed by atoms with E-state index in [1.807, 2.05) is 30.3 Å². The summed E-state index contributed by atoms with van der Waals surface area (Å²) in [5.41, 5.74) is 0.533. The Morgan fingerprint density at radius 1 is 1.15 bits per heavy atom. The molecule has 1 saturated heterocycles. The van der Waals surface area contributed by atoms with E-state index in [0.717, 1.165) is 37.7 Å². The zero-order chi connectivity index (χ0) is 19.5. The molecule has 1 heterocycles. The van der Waals surface area contributed by atoms with Gasteiger partial charge in [-0.3, -0.25) is 4.79 Å². The largest absolute Gasteiger partial charge is 0.379 e. The van der Waals surface area contributed by atoms with Crippen molar-refractivity contribution in [2.45, 2.75) is 43.6 Å². The standard InChI is InChI=1S/C20H30N2O4S/c1-22(2)27(24,25)15-16-13-26-14-18(16)21-19(23)20(11-7-4-8-12-20)17-9-5-3-6-10-17/h3,5-6,9-10,16,18H,4,7-8,11-15H2,1-2H3,(H,21,23)/t16-,18+/m0/s1. The molecular formula is C20H30N2O4S. The zero-order valence-electron chi connectivity index (χ0n) is 16.2. The van der Waals surface area contributed by atoms with Gasteiger partial charge in [0.15, 0.2) is 0 Å². The Balaban J connectivity index is 1.77. The Kier molecular flexibility index (Phi) is 6.23. The summed E-state index contributed by atoms with van der Waals surface area (Å²) in [6.45, 7) is 0.723. The third kappa shape index (κ3) is 4.36. The van der Waals surface area contributed by atoms with Crippen LogP contribution in [0, 0.1) is 5.92 Å². The van der Waals surface area contributed by atoms with E-state index in [1.165, 1.54) is 18.4 Å². The van der Waals surface area contributed by atoms with Gasteiger partial charge < -0.3 is 10.1 Å². The highest BCUT2D eigenvalue weighted by Gasteiger charge is 2.43. The lowest BCUT2D eigenvalue weighted by atomic mass is 9.68. The fraction of sp³-hybridized carbons (Fsp3) is 0.650. The van der Waals surface area contributed by atoms with Gasteiger partial charge in [0.05, 0.1) is 30.4 Å². The number of nitrogens with one attached hydrogen (secondary N) is 1. The molecule has 0 unspecified atom stereocenters. The molecule has 0 spiro atoms. The number of rotatable bonds is 6. The minimum Gasteiger partial charge on any atom is -0.379 e. The van der Waals surface area contributed by atoms with E-state index in [1.54, 1.807) is 0 Å². The van der Waals surface area contributed by atoms with E-state index >= 15 is 0 Å². The van der Waals surface area contributed by atoms with Crippen LogP contribution in [0.5, 0.6) is 0 Å². The summed E-state index contributed by atoms with van der Waals surface area (Å²) >= 11 is 0. The number of amides is 1. The first-order valence-electron chi connectivity index (χ1n) is 9.70. The third-order valence-electron chi connectivity index (χ3n) is 5.96. The lowest BCUT2D eigenvalue weighted by Crippen LogP contribution is -2.52. The molecule has 1 aliphatic heterocycles. The minimum atomic E-state index is -3.34. The zero-order valence-corrected chi connectivity index (χ0v) is 17.0. The normalized spacial score (nSPS) is 25.4. The van der Waals surface area contributed by atoms with Crippen molar-refractivity contribution in [3.8, 4) is 0 Å². The predicted molar refractivity (Wildman–Crippen MR) is 105 cm³/mol. The summed E-state index contributed by atoms with van der Waals surface area (Å²) in [6, 6.07) is 9.71. The Morgan fingerprint density at radius 2 is 1.81 bits per heavy atom. The van der Waals surface area contributed by atoms with Gasteiger partial charge in [-0.2, -0.15) is 0 Å². The van der Waals surface area contributed by atoms with Crippen LogP contribution < -0.4 is 5.32 Å². The van der Waals surface area contributed by atoms with Gasteiger partial charge in [0.1, 0.15) is 0 Å². The van der Waals surface area contributed by atoms with Crippen molar-refractivity contribution in [2.75, 3.05) is 33.1 Å². The number of nitrogens with zero attached hydrogens (tertiary/aromatic N) is 1. The van der Waals surface area contributed by atoms with Crippen molar-refractivity contribution in [1.29, 1.82) is 0 Å². The molecule has 6 nitrogen and oxygen atoms in total. The molecule has 1 aromatic carbocycles. The van der Waals surface area contributed by atoms with Crippen molar-refractivity contribution >= 4 is 15.9 Å². The van der Waals surface area contributed by atoms with Gasteiger partial charge in [0.25, 0.3) is 0 Å². The number of hydrogen-bond acceptors (Lipinski definition) is 4. The maximum atomic E-state index is 13.4. The lowest BCUT2D eigenvalue weighted by molar-refractivity contribution is -0.129. The highest BCUT2D eigenvalue weighted by molar-refractivity contribution is 7.89. The molecule has 7 heteroatoms. The minimum absolute atomic E-state index is 0.0103. The summed E-state index contributed by atoms with van der Waals surface area (Å²) in [7, 11) is -0.275. The maximum absolute atomic E-state index is 13.4. The molecule has 2 aliphatic rings. The SMILES string of the molecule is CN(C)S(=O)(=O)C[C@@H]1COC[C@H]1NC(=O)C1(c2ccccc2)CCCCC1. The Labute approximate surface area is 162 Å². The summed E-state index contributed by atoms with van der Waals surface area (Å²) in [4.78, 5) is 13.4. The van der Waals surface area contributed by atoms with Crippen LogP contribution in [0.3, 0.4) is 0 Å². The van der Waals surface area contributed by atoms with Crippen LogP contribution in [0.15, 0.2) is 30.3 Å². The van der Waals surface area contributed by atoms with E-state index in [2.05, 4.69) is 5.32 Å². The summed E-state index contributed by atoms with van der Waals surface area (Å²) in [6.07, 6.45) is 4.87. The first kappa shape index (κ1) is 20.3. The van der Waals surface area contributed by atoms with Crippen molar-refractivity contribution in [3.63, 3.8) is 0 Å². The fourth-order valence-electron chi connectivity index (χ4n) is 4.21. The lowest BCUT2D eigenvalue weighted by Gasteiger charge is -2.37. The number of sulfonamides is 1. The highest BCUT2D eigenvalue weighted by Crippen LogP contribution is 2.40. The van der Waals surface area contributed by atoms with Crippen LogP contribution in [0.4, 0.5) is 0 Å². The van der Waals surface area contributed by atoms with Crippen LogP contribution >= 0.6 is 0 Å². The molecule has 3 rings (SSSR count). The second-order valence-electron chi connectivity index (χ2n) is 7.95. The maximum Gasteiger partial charge on any atom is 0.230 e. The van der Waals surface area contributed by atoms with Crippen molar-refractivity contribution in [1.82, 2.24) is 9.62 Å². The quantitative estimate of drug-likeness (QED) is 0.800. The second-order valence-corrected chi connectivity index (χ2v) is 10.2. The molecule has 1 aliphatic carbocycles. The van der Waals surface area contributed by atoms with Gasteiger partial charge in [-0.1, -0.05) is 49.6 Å². The number of hydrogen-bond donors (Lipinski definition) is 1. The van der Waals surface area contributed by atoms with Gasteiger partial charge in [-0.15, -0.1) is 0 Å². The third-order valence-corrected chi connectivity index (χ3v) is 7.93. The smallest absolute Gasteiger partial charge is 0.230 e. The van der Waals surface area contributed by atoms with Crippen LogP contribution in [0.1, 0.15) is 37.7 Å². The molecule has 0 aromatic heterocycles. The monoisotopic (exact) mass is 394 g/mol. The highest BCUT2D eigenvalue weighted by atomic mass is 32.2. The molecule has 150 valence electrons. The number of carbonyl (C=O) groups excluding carboxylic acids is 1. The van der Waals surface area contributed by atoms with E-state index in [0.29, 0.717) is 13.2 Å². The molecule has 1 aromatic rings. The van der Waals surface area contributed by atoms with E-state index in [-0.39, 0.29) is 23.6 Å². The van der Waals surface area contributed by atoms with Crippen LogP contribution in [0.2, 0.25) is 0 Å². The summed E-state index contributed by atoms with van der Waals surface area (Å²) in [5.74, 6) is -0.225. The van der Waals surface area contributed by atoms with E-state index < -0.39 is 15.4 Å². The second kappa shape index (κ2) is 8.29. The number of carbonyl (C=O) groups is 1. The van der Waals surface area contributed by atoms with Gasteiger partial charge in [-0.25, -0.2) is 12.7 Å².